The summed E-state index contributed by atoms with van der Waals surface area (Å²) in [6, 6.07) is -0.191. The molecule has 2 N–H and O–H groups in total. The van der Waals surface area contributed by atoms with Crippen LogP contribution >= 0.6 is 0 Å². The average Bonchev–Trinajstić information content (AvgIpc) is 2.17. The lowest BCUT2D eigenvalue weighted by molar-refractivity contribution is 0.157. The zero-order valence-corrected chi connectivity index (χ0v) is 11.1. The van der Waals surface area contributed by atoms with E-state index in [4.69, 9.17) is 9.84 Å². The third-order valence-corrected chi connectivity index (χ3v) is 3.79. The Bertz CT molecular complexity index is 264. The molecular formula is C10H23NO4S. The van der Waals surface area contributed by atoms with Crippen LogP contribution in [0.1, 0.15) is 26.7 Å². The van der Waals surface area contributed by atoms with Gasteiger partial charge in [0.05, 0.1) is 12.4 Å². The second-order valence-electron chi connectivity index (χ2n) is 4.17. The molecule has 98 valence electrons. The van der Waals surface area contributed by atoms with E-state index in [1.54, 1.807) is 7.11 Å². The van der Waals surface area contributed by atoms with E-state index in [0.717, 1.165) is 0 Å². The van der Waals surface area contributed by atoms with Gasteiger partial charge < -0.3 is 9.84 Å². The van der Waals surface area contributed by atoms with Crippen molar-refractivity contribution < 1.29 is 18.3 Å². The molecule has 0 saturated carbocycles. The molecule has 0 amide bonds. The molecule has 0 aliphatic carbocycles. The molecule has 0 aromatic carbocycles. The summed E-state index contributed by atoms with van der Waals surface area (Å²) in [6.07, 6.45) is 0.987. The number of hydrogen-bond acceptors (Lipinski definition) is 4. The summed E-state index contributed by atoms with van der Waals surface area (Å²) in [5, 5.41) is 8.58. The number of unbranched alkanes of at least 4 members (excludes halogenated alkanes) is 1. The molecule has 16 heavy (non-hydrogen) atoms. The van der Waals surface area contributed by atoms with Crippen molar-refractivity contribution >= 4 is 10.0 Å². The summed E-state index contributed by atoms with van der Waals surface area (Å²) in [6.45, 7) is 4.29. The minimum atomic E-state index is -3.26. The second-order valence-corrected chi connectivity index (χ2v) is 6.05. The summed E-state index contributed by atoms with van der Waals surface area (Å²) < 4.78 is 30.9. The third-order valence-electron chi connectivity index (χ3n) is 2.30. The Morgan fingerprint density at radius 3 is 2.38 bits per heavy atom. The van der Waals surface area contributed by atoms with Gasteiger partial charge in [0.2, 0.25) is 10.0 Å². The predicted octanol–water partition coefficient (Wildman–Crippen LogP) is 0.349. The van der Waals surface area contributed by atoms with E-state index in [1.807, 2.05) is 13.8 Å². The van der Waals surface area contributed by atoms with E-state index >= 15 is 0 Å². The fourth-order valence-electron chi connectivity index (χ4n) is 1.24. The molecule has 0 aromatic heterocycles. The van der Waals surface area contributed by atoms with Crippen molar-refractivity contribution in [3.8, 4) is 0 Å². The lowest BCUT2D eigenvalue weighted by Gasteiger charge is -2.21. The number of nitrogens with one attached hydrogen (secondary N) is 1. The summed E-state index contributed by atoms with van der Waals surface area (Å²) in [7, 11) is -1.71. The van der Waals surface area contributed by atoms with E-state index < -0.39 is 10.0 Å². The van der Waals surface area contributed by atoms with Gasteiger partial charge in [-0.2, -0.15) is 0 Å². The van der Waals surface area contributed by atoms with E-state index in [0.29, 0.717) is 19.4 Å². The lowest BCUT2D eigenvalue weighted by atomic mass is 10.1. The summed E-state index contributed by atoms with van der Waals surface area (Å²) >= 11 is 0. The smallest absolute Gasteiger partial charge is 0.211 e. The third kappa shape index (κ3) is 7.16. The van der Waals surface area contributed by atoms with Crippen molar-refractivity contribution in [2.24, 2.45) is 5.92 Å². The molecule has 0 radical (unpaired) electrons. The van der Waals surface area contributed by atoms with Crippen molar-refractivity contribution in [1.82, 2.24) is 4.72 Å². The molecule has 0 fully saturated rings. The highest BCUT2D eigenvalue weighted by Gasteiger charge is 2.20. The van der Waals surface area contributed by atoms with Gasteiger partial charge in [-0.25, -0.2) is 13.1 Å². The first kappa shape index (κ1) is 15.8. The molecule has 0 aromatic rings. The Morgan fingerprint density at radius 2 is 1.94 bits per heavy atom. The van der Waals surface area contributed by atoms with Gasteiger partial charge in [0.25, 0.3) is 0 Å². The van der Waals surface area contributed by atoms with Gasteiger partial charge in [0.1, 0.15) is 0 Å². The highest BCUT2D eigenvalue weighted by Crippen LogP contribution is 2.05. The maximum absolute atomic E-state index is 11.6. The van der Waals surface area contributed by atoms with E-state index in [1.165, 1.54) is 0 Å². The molecule has 0 aliphatic heterocycles. The van der Waals surface area contributed by atoms with Gasteiger partial charge in [-0.15, -0.1) is 0 Å². The molecule has 6 heteroatoms. The van der Waals surface area contributed by atoms with Crippen LogP contribution in [0.3, 0.4) is 0 Å². The first-order valence-electron chi connectivity index (χ1n) is 5.52. The first-order chi connectivity index (χ1) is 7.43. The highest BCUT2D eigenvalue weighted by atomic mass is 32.2. The van der Waals surface area contributed by atoms with Crippen LogP contribution < -0.4 is 4.72 Å². The number of methoxy groups -OCH3 is 1. The van der Waals surface area contributed by atoms with Crippen molar-refractivity contribution in [3.63, 3.8) is 0 Å². The molecule has 0 aliphatic rings. The fourth-order valence-corrected chi connectivity index (χ4v) is 2.74. The zero-order valence-electron chi connectivity index (χ0n) is 10.3. The monoisotopic (exact) mass is 253 g/mol. The lowest BCUT2D eigenvalue weighted by Crippen LogP contribution is -2.42. The number of ether oxygens (including phenoxy) is 1. The molecule has 1 atom stereocenters. The Morgan fingerprint density at radius 1 is 1.31 bits per heavy atom. The molecule has 0 saturated heterocycles. The molecule has 0 rings (SSSR count). The van der Waals surface area contributed by atoms with Crippen LogP contribution in [0.5, 0.6) is 0 Å². The van der Waals surface area contributed by atoms with Gasteiger partial charge in [-0.3, -0.25) is 0 Å². The van der Waals surface area contributed by atoms with Gasteiger partial charge in [-0.1, -0.05) is 13.8 Å². The van der Waals surface area contributed by atoms with Gasteiger partial charge in [0.15, 0.2) is 0 Å². The molecular weight excluding hydrogens is 230 g/mol. The van der Waals surface area contributed by atoms with Crippen LogP contribution in [0.25, 0.3) is 0 Å². The van der Waals surface area contributed by atoms with Crippen molar-refractivity contribution in [2.45, 2.75) is 32.7 Å². The number of aliphatic hydroxyl groups is 1. The van der Waals surface area contributed by atoms with E-state index in [9.17, 15) is 8.42 Å². The van der Waals surface area contributed by atoms with E-state index in [-0.39, 0.29) is 24.3 Å². The maximum atomic E-state index is 11.6. The van der Waals surface area contributed by atoms with Gasteiger partial charge in [-0.05, 0) is 18.8 Å². The zero-order chi connectivity index (χ0) is 12.6. The van der Waals surface area contributed by atoms with Crippen LogP contribution in [0.2, 0.25) is 0 Å². The van der Waals surface area contributed by atoms with Crippen molar-refractivity contribution in [3.05, 3.63) is 0 Å². The predicted molar refractivity (Wildman–Crippen MR) is 63.7 cm³/mol. The molecule has 5 nitrogen and oxygen atoms in total. The molecule has 0 heterocycles. The summed E-state index contributed by atoms with van der Waals surface area (Å²) in [4.78, 5) is 0. The molecule has 1 unspecified atom stereocenters. The van der Waals surface area contributed by atoms with Crippen LogP contribution in [-0.2, 0) is 14.8 Å². The Labute approximate surface area is 98.2 Å². The van der Waals surface area contributed by atoms with Crippen molar-refractivity contribution in [1.29, 1.82) is 0 Å². The summed E-state index contributed by atoms with van der Waals surface area (Å²) in [5.74, 6) is 0.244. The highest BCUT2D eigenvalue weighted by molar-refractivity contribution is 7.89. The topological polar surface area (TPSA) is 75.6 Å². The van der Waals surface area contributed by atoms with Gasteiger partial charge in [0, 0.05) is 19.8 Å². The largest absolute Gasteiger partial charge is 0.396 e. The number of rotatable bonds is 9. The number of hydrogen-bond donors (Lipinski definition) is 2. The van der Waals surface area contributed by atoms with E-state index in [2.05, 4.69) is 4.72 Å². The number of sulfonamides is 1. The van der Waals surface area contributed by atoms with Crippen LogP contribution in [0.15, 0.2) is 0 Å². The molecule has 0 bridgehead atoms. The molecule has 0 spiro atoms. The fraction of sp³-hybridized carbons (Fsp3) is 1.00. The average molecular weight is 253 g/mol. The SMILES string of the molecule is COCC(NS(=O)(=O)CCCCO)C(C)C. The Hall–Kier alpha value is -0.170. The minimum Gasteiger partial charge on any atom is -0.396 e. The Kier molecular flexibility index (Phi) is 7.91. The standard InChI is InChI=1S/C10H23NO4S/c1-9(2)10(8-15-3)11-16(13,14)7-5-4-6-12/h9-12H,4-8H2,1-3H3. The summed E-state index contributed by atoms with van der Waals surface area (Å²) in [5.41, 5.74) is 0. The van der Waals surface area contributed by atoms with Crippen molar-refractivity contribution in [2.75, 3.05) is 26.1 Å². The maximum Gasteiger partial charge on any atom is 0.211 e. The first-order valence-corrected chi connectivity index (χ1v) is 7.18. The second kappa shape index (κ2) is 8.00. The normalized spacial score (nSPS) is 14.3. The Balaban J connectivity index is 4.19. The quantitative estimate of drug-likeness (QED) is 0.581. The van der Waals surface area contributed by atoms with Crippen LogP contribution in [0, 0.1) is 5.92 Å². The number of aliphatic hydroxyl groups excluding tert-OH is 1. The van der Waals surface area contributed by atoms with Crippen LogP contribution in [0.4, 0.5) is 0 Å². The van der Waals surface area contributed by atoms with Gasteiger partial charge >= 0.3 is 0 Å². The van der Waals surface area contributed by atoms with Crippen LogP contribution in [-0.4, -0.2) is 45.6 Å². The minimum absolute atomic E-state index is 0.0290.